The molecule has 3 aliphatic heterocycles. The lowest BCUT2D eigenvalue weighted by molar-refractivity contribution is 0.0730. The molecule has 1 atom stereocenters. The van der Waals surface area contributed by atoms with E-state index in [0.717, 1.165) is 12.2 Å². The van der Waals surface area contributed by atoms with Crippen LogP contribution in [0.15, 0.2) is 23.1 Å². The van der Waals surface area contributed by atoms with Crippen LogP contribution in [0.25, 0.3) is 0 Å². The average molecular weight is 392 g/mol. The van der Waals surface area contributed by atoms with Crippen molar-refractivity contribution in [3.05, 3.63) is 18.2 Å². The maximum Gasteiger partial charge on any atom is 0.243 e. The first-order chi connectivity index (χ1) is 13.2. The Morgan fingerprint density at radius 2 is 1.67 bits per heavy atom. The number of anilines is 2. The third kappa shape index (κ3) is 2.95. The minimum absolute atomic E-state index is 0.421. The Kier molecular flexibility index (Phi) is 4.57. The lowest BCUT2D eigenvalue weighted by Gasteiger charge is -2.37. The lowest BCUT2D eigenvalue weighted by Crippen LogP contribution is -2.46. The maximum absolute atomic E-state index is 13.2. The van der Waals surface area contributed by atoms with Gasteiger partial charge in [0.25, 0.3) is 0 Å². The molecule has 0 N–H and O–H groups in total. The van der Waals surface area contributed by atoms with Gasteiger partial charge in [-0.15, -0.1) is 0 Å². The van der Waals surface area contributed by atoms with Crippen molar-refractivity contribution in [1.82, 2.24) is 4.31 Å². The van der Waals surface area contributed by atoms with Gasteiger partial charge in [-0.25, -0.2) is 8.42 Å². The second kappa shape index (κ2) is 6.94. The fourth-order valence-electron chi connectivity index (χ4n) is 5.33. The molecule has 0 spiro atoms. The summed E-state index contributed by atoms with van der Waals surface area (Å²) >= 11 is 0. The minimum Gasteiger partial charge on any atom is -0.379 e. The molecule has 1 unspecified atom stereocenters. The van der Waals surface area contributed by atoms with E-state index in [4.69, 9.17) is 4.74 Å². The smallest absolute Gasteiger partial charge is 0.243 e. The van der Waals surface area contributed by atoms with Crippen LogP contribution < -0.4 is 9.80 Å². The Morgan fingerprint density at radius 3 is 2.44 bits per heavy atom. The van der Waals surface area contributed by atoms with Crippen molar-refractivity contribution in [1.29, 1.82) is 0 Å². The van der Waals surface area contributed by atoms with Gasteiger partial charge < -0.3 is 14.5 Å². The standard InChI is InChI=1S/C20H29N3O3S/c24-27(25,21-11-13-26-14-12-21)17-8-9-18-19(15-17)23(16-5-2-1-3-6-16)20-7-4-10-22(18)20/h8-9,15-16,20H,1-7,10-14H2. The zero-order chi connectivity index (χ0) is 18.4. The summed E-state index contributed by atoms with van der Waals surface area (Å²) in [5, 5.41) is 0. The zero-order valence-corrected chi connectivity index (χ0v) is 16.7. The van der Waals surface area contributed by atoms with E-state index >= 15 is 0 Å². The number of fused-ring (bicyclic) bond motifs is 3. The summed E-state index contributed by atoms with van der Waals surface area (Å²) in [5.74, 6) is 0. The van der Waals surface area contributed by atoms with E-state index in [0.29, 0.717) is 43.4 Å². The number of ether oxygens (including phenoxy) is 1. The molecule has 1 saturated carbocycles. The fourth-order valence-corrected chi connectivity index (χ4v) is 6.76. The summed E-state index contributed by atoms with van der Waals surface area (Å²) in [7, 11) is -3.45. The van der Waals surface area contributed by atoms with Gasteiger partial charge in [-0.05, 0) is 43.9 Å². The Labute approximate surface area is 162 Å². The molecule has 0 radical (unpaired) electrons. The number of hydrogen-bond acceptors (Lipinski definition) is 5. The van der Waals surface area contributed by atoms with Crippen LogP contribution in [0.5, 0.6) is 0 Å². The first-order valence-electron chi connectivity index (χ1n) is 10.4. The van der Waals surface area contributed by atoms with Crippen LogP contribution in [0.4, 0.5) is 11.4 Å². The summed E-state index contributed by atoms with van der Waals surface area (Å²) in [5.41, 5.74) is 2.37. The predicted molar refractivity (Wildman–Crippen MR) is 106 cm³/mol. The molecule has 1 aliphatic carbocycles. The van der Waals surface area contributed by atoms with E-state index in [1.807, 2.05) is 18.2 Å². The Hall–Kier alpha value is -1.31. The summed E-state index contributed by atoms with van der Waals surface area (Å²) in [6.45, 7) is 2.93. The Morgan fingerprint density at radius 1 is 0.889 bits per heavy atom. The van der Waals surface area contributed by atoms with Gasteiger partial charge in [0, 0.05) is 25.7 Å². The van der Waals surface area contributed by atoms with Gasteiger partial charge in [0.15, 0.2) is 0 Å². The molecule has 1 aromatic rings. The number of nitrogens with zero attached hydrogens (tertiary/aromatic N) is 3. The van der Waals surface area contributed by atoms with Crippen LogP contribution in [-0.4, -0.2) is 57.8 Å². The molecule has 3 fully saturated rings. The largest absolute Gasteiger partial charge is 0.379 e. The molecular formula is C20H29N3O3S. The molecule has 2 saturated heterocycles. The van der Waals surface area contributed by atoms with Gasteiger partial charge in [0.05, 0.1) is 29.5 Å². The van der Waals surface area contributed by atoms with Gasteiger partial charge in [0.2, 0.25) is 10.0 Å². The Balaban J connectivity index is 1.52. The molecule has 3 heterocycles. The zero-order valence-electron chi connectivity index (χ0n) is 15.8. The van der Waals surface area contributed by atoms with Gasteiger partial charge in [0.1, 0.15) is 6.17 Å². The molecule has 7 heteroatoms. The number of sulfonamides is 1. The molecule has 0 amide bonds. The van der Waals surface area contributed by atoms with Crippen LogP contribution in [0.3, 0.4) is 0 Å². The van der Waals surface area contributed by atoms with Gasteiger partial charge in [-0.2, -0.15) is 4.31 Å². The molecule has 148 valence electrons. The summed E-state index contributed by atoms with van der Waals surface area (Å²) < 4.78 is 33.2. The molecule has 5 rings (SSSR count). The molecular weight excluding hydrogens is 362 g/mol. The number of hydrogen-bond donors (Lipinski definition) is 0. The topological polar surface area (TPSA) is 53.1 Å². The highest BCUT2D eigenvalue weighted by atomic mass is 32.2. The second-order valence-corrected chi connectivity index (χ2v) is 10.1. The van der Waals surface area contributed by atoms with Crippen LogP contribution in [-0.2, 0) is 14.8 Å². The van der Waals surface area contributed by atoms with E-state index in [9.17, 15) is 8.42 Å². The molecule has 0 aromatic heterocycles. The maximum atomic E-state index is 13.2. The van der Waals surface area contributed by atoms with Gasteiger partial charge in [-0.1, -0.05) is 19.3 Å². The van der Waals surface area contributed by atoms with Crippen LogP contribution in [0.2, 0.25) is 0 Å². The minimum atomic E-state index is -3.45. The van der Waals surface area contributed by atoms with Crippen LogP contribution in [0, 0.1) is 0 Å². The monoisotopic (exact) mass is 391 g/mol. The van der Waals surface area contributed by atoms with E-state index in [2.05, 4.69) is 9.80 Å². The highest BCUT2D eigenvalue weighted by Gasteiger charge is 2.43. The van der Waals surface area contributed by atoms with Crippen molar-refractivity contribution >= 4 is 21.4 Å². The number of morpholine rings is 1. The van der Waals surface area contributed by atoms with Crippen molar-refractivity contribution in [2.45, 2.75) is 62.0 Å². The number of benzene rings is 1. The lowest BCUT2D eigenvalue weighted by atomic mass is 9.93. The highest BCUT2D eigenvalue weighted by Crippen LogP contribution is 2.47. The SMILES string of the molecule is O=S(=O)(c1ccc2c(c1)N(C1CCCCC1)C1CCCN21)N1CCOCC1. The molecule has 4 aliphatic rings. The predicted octanol–water partition coefficient (Wildman–Crippen LogP) is 2.79. The second-order valence-electron chi connectivity index (χ2n) is 8.18. The normalized spacial score (nSPS) is 27.0. The summed E-state index contributed by atoms with van der Waals surface area (Å²) in [6, 6.07) is 6.35. The first-order valence-corrected chi connectivity index (χ1v) is 11.9. The molecule has 1 aromatic carbocycles. The first kappa shape index (κ1) is 17.8. The van der Waals surface area contributed by atoms with E-state index in [-0.39, 0.29) is 0 Å². The average Bonchev–Trinajstić information content (AvgIpc) is 3.29. The summed E-state index contributed by atoms with van der Waals surface area (Å²) in [6.07, 6.45) is 9.18. The van der Waals surface area contributed by atoms with Crippen LogP contribution >= 0.6 is 0 Å². The quantitative estimate of drug-likeness (QED) is 0.793. The van der Waals surface area contributed by atoms with E-state index < -0.39 is 10.0 Å². The van der Waals surface area contributed by atoms with Gasteiger partial charge in [-0.3, -0.25) is 0 Å². The van der Waals surface area contributed by atoms with Crippen molar-refractivity contribution in [3.63, 3.8) is 0 Å². The highest BCUT2D eigenvalue weighted by molar-refractivity contribution is 7.89. The molecule has 6 nitrogen and oxygen atoms in total. The van der Waals surface area contributed by atoms with Crippen molar-refractivity contribution in [2.75, 3.05) is 42.6 Å². The third-order valence-corrected chi connectivity index (χ3v) is 8.55. The fraction of sp³-hybridized carbons (Fsp3) is 0.700. The van der Waals surface area contributed by atoms with Crippen molar-refractivity contribution in [2.24, 2.45) is 0 Å². The molecule has 0 bridgehead atoms. The van der Waals surface area contributed by atoms with Crippen molar-refractivity contribution in [3.8, 4) is 0 Å². The summed E-state index contributed by atoms with van der Waals surface area (Å²) in [4.78, 5) is 5.50. The van der Waals surface area contributed by atoms with Crippen LogP contribution in [0.1, 0.15) is 44.9 Å². The van der Waals surface area contributed by atoms with Crippen molar-refractivity contribution < 1.29 is 13.2 Å². The number of rotatable bonds is 3. The third-order valence-electron chi connectivity index (χ3n) is 6.65. The Bertz CT molecular complexity index is 801. The molecule has 27 heavy (non-hydrogen) atoms. The van der Waals surface area contributed by atoms with Gasteiger partial charge >= 0.3 is 0 Å². The van der Waals surface area contributed by atoms with E-state index in [1.165, 1.54) is 50.6 Å². The van der Waals surface area contributed by atoms with E-state index in [1.54, 1.807) is 4.31 Å².